The summed E-state index contributed by atoms with van der Waals surface area (Å²) in [6, 6.07) is 8.25. The van der Waals surface area contributed by atoms with Gasteiger partial charge in [-0.3, -0.25) is 14.4 Å². The number of aryl methyl sites for hydroxylation is 1. The first-order chi connectivity index (χ1) is 15.7. The van der Waals surface area contributed by atoms with Crippen LogP contribution in [0.3, 0.4) is 0 Å². The number of carbonyl (C=O) groups is 3. The number of aromatic nitrogens is 1. The molecule has 10 heteroatoms. The molecule has 2 aliphatic heterocycles. The number of carbonyl (C=O) groups excluding carboxylic acids is 3. The van der Waals surface area contributed by atoms with Gasteiger partial charge in [-0.2, -0.15) is 0 Å². The number of fused-ring (bicyclic) bond motifs is 4. The van der Waals surface area contributed by atoms with E-state index in [1.165, 1.54) is 4.90 Å². The Morgan fingerprint density at radius 1 is 1.24 bits per heavy atom. The third kappa shape index (κ3) is 2.66. The van der Waals surface area contributed by atoms with Crippen LogP contribution in [0.15, 0.2) is 46.6 Å². The van der Waals surface area contributed by atoms with Crippen LogP contribution in [0.2, 0.25) is 0 Å². The van der Waals surface area contributed by atoms with E-state index in [1.807, 2.05) is 0 Å². The number of amides is 2. The molecule has 2 amide bonds. The van der Waals surface area contributed by atoms with Gasteiger partial charge in [0.1, 0.15) is 23.3 Å². The monoisotopic (exact) mass is 450 g/mol. The highest BCUT2D eigenvalue weighted by Crippen LogP contribution is 2.54. The Morgan fingerprint density at radius 2 is 1.94 bits per heavy atom. The van der Waals surface area contributed by atoms with Gasteiger partial charge in [0.15, 0.2) is 0 Å². The Hall–Kier alpha value is -4.08. The summed E-state index contributed by atoms with van der Waals surface area (Å²) in [5.74, 6) is -2.62. The lowest BCUT2D eigenvalue weighted by molar-refractivity contribution is -0.138. The van der Waals surface area contributed by atoms with Crippen LogP contribution >= 0.6 is 0 Å². The molecule has 1 fully saturated rings. The maximum Gasteiger partial charge on any atom is 0.340 e. The number of nitrogens with zero attached hydrogens (tertiary/aromatic N) is 2. The van der Waals surface area contributed by atoms with Gasteiger partial charge in [-0.15, -0.1) is 0 Å². The molecule has 33 heavy (non-hydrogen) atoms. The molecule has 1 aliphatic carbocycles. The first-order valence-electron chi connectivity index (χ1n) is 10.5. The number of hydrogen-bond donors (Lipinski definition) is 2. The first-order valence-corrected chi connectivity index (χ1v) is 10.5. The highest BCUT2D eigenvalue weighted by atomic mass is 16.5. The van der Waals surface area contributed by atoms with Gasteiger partial charge in [0.05, 0.1) is 12.7 Å². The first kappa shape index (κ1) is 20.8. The van der Waals surface area contributed by atoms with Crippen molar-refractivity contribution in [3.8, 4) is 5.75 Å². The number of rotatable bonds is 4. The third-order valence-corrected chi connectivity index (χ3v) is 6.40. The molecule has 0 radical (unpaired) electrons. The van der Waals surface area contributed by atoms with E-state index in [4.69, 9.17) is 20.9 Å². The average Bonchev–Trinajstić information content (AvgIpc) is 3.57. The summed E-state index contributed by atoms with van der Waals surface area (Å²) in [5.41, 5.74) is 10.2. The minimum atomic E-state index is -1.95. The van der Waals surface area contributed by atoms with Gasteiger partial charge in [-0.25, -0.2) is 4.79 Å². The van der Waals surface area contributed by atoms with E-state index in [-0.39, 0.29) is 28.8 Å². The fourth-order valence-electron chi connectivity index (χ4n) is 5.01. The fourth-order valence-corrected chi connectivity index (χ4v) is 5.01. The number of ether oxygens (including phenoxy) is 2. The minimum Gasteiger partial charge on any atom is -0.465 e. The summed E-state index contributed by atoms with van der Waals surface area (Å²) in [7, 11) is 1.15. The molecule has 10 nitrogen and oxygen atoms in total. The number of methoxy groups -OCH3 is 1. The maximum atomic E-state index is 14.2. The smallest absolute Gasteiger partial charge is 0.340 e. The molecule has 2 aromatic rings. The maximum absolute atomic E-state index is 14.2. The fraction of sp³-hybridized carbons (Fsp3) is 0.304. The number of benzene rings is 1. The predicted octanol–water partition coefficient (Wildman–Crippen LogP) is 0.345. The topological polar surface area (TPSA) is 147 Å². The summed E-state index contributed by atoms with van der Waals surface area (Å²) in [6.07, 6.45) is 1.65. The summed E-state index contributed by atoms with van der Waals surface area (Å²) >= 11 is 0. The molecule has 0 saturated heterocycles. The van der Waals surface area contributed by atoms with Crippen LogP contribution in [0.1, 0.15) is 35.7 Å². The zero-order valence-corrected chi connectivity index (χ0v) is 18.1. The van der Waals surface area contributed by atoms with Gasteiger partial charge in [0.2, 0.25) is 17.7 Å². The molecular formula is C23H22N4O6. The Balaban J connectivity index is 1.93. The molecule has 0 bridgehead atoms. The number of para-hydroxylation sites is 1. The second-order valence-electron chi connectivity index (χ2n) is 8.39. The minimum absolute atomic E-state index is 0.00171. The SMILES string of the molecule is COC(=O)C1=C(N)Oc2cc(C)n(C3CC3)c(=O)c2C12C(=O)N(CC(N)=O)c1ccccc12. The molecule has 1 unspecified atom stereocenters. The molecule has 3 aliphatic rings. The van der Waals surface area contributed by atoms with Crippen LogP contribution in [0, 0.1) is 6.92 Å². The number of hydrogen-bond acceptors (Lipinski definition) is 7. The van der Waals surface area contributed by atoms with E-state index in [9.17, 15) is 19.2 Å². The second-order valence-corrected chi connectivity index (χ2v) is 8.39. The van der Waals surface area contributed by atoms with Crippen molar-refractivity contribution in [2.45, 2.75) is 31.2 Å². The Morgan fingerprint density at radius 3 is 2.58 bits per heavy atom. The molecule has 4 N–H and O–H groups in total. The van der Waals surface area contributed by atoms with Crippen molar-refractivity contribution in [1.82, 2.24) is 4.57 Å². The Bertz CT molecular complexity index is 1340. The van der Waals surface area contributed by atoms with E-state index in [0.717, 1.165) is 20.0 Å². The zero-order chi connectivity index (χ0) is 23.7. The van der Waals surface area contributed by atoms with Crippen LogP contribution in [-0.4, -0.2) is 36.0 Å². The van der Waals surface area contributed by atoms with Crippen LogP contribution in [0.4, 0.5) is 5.69 Å². The highest BCUT2D eigenvalue weighted by molar-refractivity contribution is 6.19. The van der Waals surface area contributed by atoms with Gasteiger partial charge in [0.25, 0.3) is 5.56 Å². The zero-order valence-electron chi connectivity index (χ0n) is 18.1. The summed E-state index contributed by atoms with van der Waals surface area (Å²) in [4.78, 5) is 54.1. The lowest BCUT2D eigenvalue weighted by Crippen LogP contribution is -2.53. The molecule has 3 heterocycles. The standard InChI is InChI=1S/C23H22N4O6/c1-11-9-15-17(20(29)27(11)12-7-8-12)23(18(19(25)33-15)21(30)32-2)13-5-3-4-6-14(13)26(22(23)31)10-16(24)28/h3-6,9,12H,7-8,10,25H2,1-2H3,(H2,24,28). The van der Waals surface area contributed by atoms with Crippen molar-refractivity contribution >= 4 is 23.5 Å². The van der Waals surface area contributed by atoms with E-state index in [1.54, 1.807) is 41.8 Å². The summed E-state index contributed by atoms with van der Waals surface area (Å²) in [6.45, 7) is 1.33. The van der Waals surface area contributed by atoms with Gasteiger partial charge >= 0.3 is 5.97 Å². The third-order valence-electron chi connectivity index (χ3n) is 6.40. The van der Waals surface area contributed by atoms with Crippen molar-refractivity contribution in [2.75, 3.05) is 18.6 Å². The lowest BCUT2D eigenvalue weighted by Gasteiger charge is -2.35. The van der Waals surface area contributed by atoms with Gasteiger partial charge in [-0.05, 0) is 25.8 Å². The van der Waals surface area contributed by atoms with Crippen molar-refractivity contribution in [3.63, 3.8) is 0 Å². The van der Waals surface area contributed by atoms with Crippen molar-refractivity contribution in [3.05, 3.63) is 69.0 Å². The molecule has 5 rings (SSSR count). The highest BCUT2D eigenvalue weighted by Gasteiger charge is 2.62. The molecule has 1 atom stereocenters. The lowest BCUT2D eigenvalue weighted by atomic mass is 9.68. The Labute approximate surface area is 188 Å². The van der Waals surface area contributed by atoms with Crippen LogP contribution in [0.5, 0.6) is 5.75 Å². The average molecular weight is 450 g/mol. The predicted molar refractivity (Wildman–Crippen MR) is 116 cm³/mol. The molecule has 1 aromatic carbocycles. The molecule has 1 saturated carbocycles. The van der Waals surface area contributed by atoms with E-state index >= 15 is 0 Å². The molecule has 170 valence electrons. The van der Waals surface area contributed by atoms with Gasteiger partial charge in [-0.1, -0.05) is 18.2 Å². The number of nitrogens with two attached hydrogens (primary N) is 2. The van der Waals surface area contributed by atoms with Gasteiger partial charge < -0.3 is 30.4 Å². The number of primary amides is 1. The normalized spacial score (nSPS) is 21.0. The molecule has 1 spiro atoms. The van der Waals surface area contributed by atoms with E-state index < -0.39 is 35.3 Å². The number of anilines is 1. The summed E-state index contributed by atoms with van der Waals surface area (Å²) in [5, 5.41) is 0. The largest absolute Gasteiger partial charge is 0.465 e. The Kier molecular flexibility index (Phi) is 4.39. The molecule has 1 aromatic heterocycles. The second kappa shape index (κ2) is 6.96. The van der Waals surface area contributed by atoms with Crippen molar-refractivity contribution < 1.29 is 23.9 Å². The van der Waals surface area contributed by atoms with E-state index in [2.05, 4.69) is 0 Å². The van der Waals surface area contributed by atoms with E-state index in [0.29, 0.717) is 16.9 Å². The summed E-state index contributed by atoms with van der Waals surface area (Å²) < 4.78 is 12.3. The van der Waals surface area contributed by atoms with Crippen molar-refractivity contribution in [2.24, 2.45) is 11.5 Å². The van der Waals surface area contributed by atoms with Crippen molar-refractivity contribution in [1.29, 1.82) is 0 Å². The van der Waals surface area contributed by atoms with Crippen LogP contribution in [0.25, 0.3) is 0 Å². The number of pyridine rings is 1. The van der Waals surface area contributed by atoms with Crippen LogP contribution < -0.4 is 26.7 Å². The number of esters is 1. The molecular weight excluding hydrogens is 428 g/mol. The van der Waals surface area contributed by atoms with Crippen LogP contribution in [-0.2, 0) is 24.5 Å². The quantitative estimate of drug-likeness (QED) is 0.639. The van der Waals surface area contributed by atoms with Gasteiger partial charge in [0, 0.05) is 29.1 Å².